The molecule has 1 aromatic carbocycles. The smallest absolute Gasteiger partial charge is 0.293 e. The number of halogens is 1. The SMILES string of the molecule is CCCc1nc(C(=O)N2CC[C@H](n3cccn3)C2)nn1-c1ccccc1F. The number of para-hydroxylation sites is 1. The summed E-state index contributed by atoms with van der Waals surface area (Å²) in [6.07, 6.45) is 5.92. The van der Waals surface area contributed by atoms with Gasteiger partial charge in [0, 0.05) is 31.9 Å². The fraction of sp³-hybridized carbons (Fsp3) is 0.368. The van der Waals surface area contributed by atoms with E-state index >= 15 is 0 Å². The van der Waals surface area contributed by atoms with Crippen LogP contribution >= 0.6 is 0 Å². The van der Waals surface area contributed by atoms with Gasteiger partial charge in [-0.3, -0.25) is 9.48 Å². The topological polar surface area (TPSA) is 68.8 Å². The molecule has 1 aliphatic rings. The van der Waals surface area contributed by atoms with E-state index in [0.717, 1.165) is 12.8 Å². The lowest BCUT2D eigenvalue weighted by Gasteiger charge is -2.14. The first-order valence-corrected chi connectivity index (χ1v) is 9.16. The summed E-state index contributed by atoms with van der Waals surface area (Å²) in [6, 6.07) is 8.42. The van der Waals surface area contributed by atoms with Crippen LogP contribution in [0, 0.1) is 5.82 Å². The second kappa shape index (κ2) is 7.30. The Bertz CT molecular complexity index is 936. The maximum atomic E-state index is 14.2. The summed E-state index contributed by atoms with van der Waals surface area (Å²) in [5.74, 6) is 0.0901. The van der Waals surface area contributed by atoms with Gasteiger partial charge < -0.3 is 4.90 Å². The second-order valence-electron chi connectivity index (χ2n) is 6.64. The number of hydrogen-bond donors (Lipinski definition) is 0. The zero-order chi connectivity index (χ0) is 18.8. The molecule has 1 atom stereocenters. The first-order valence-electron chi connectivity index (χ1n) is 9.16. The van der Waals surface area contributed by atoms with Crippen LogP contribution in [0.4, 0.5) is 4.39 Å². The minimum atomic E-state index is -0.390. The van der Waals surface area contributed by atoms with Crippen molar-refractivity contribution in [1.82, 2.24) is 29.4 Å². The van der Waals surface area contributed by atoms with Crippen molar-refractivity contribution < 1.29 is 9.18 Å². The van der Waals surface area contributed by atoms with Gasteiger partial charge in [-0.25, -0.2) is 14.1 Å². The van der Waals surface area contributed by atoms with E-state index in [1.807, 2.05) is 23.9 Å². The lowest BCUT2D eigenvalue weighted by Crippen LogP contribution is -2.30. The average Bonchev–Trinajstić information content (AvgIpc) is 3.42. The van der Waals surface area contributed by atoms with Gasteiger partial charge in [-0.15, -0.1) is 5.10 Å². The van der Waals surface area contributed by atoms with Crippen molar-refractivity contribution >= 4 is 5.91 Å². The molecule has 0 bridgehead atoms. The Morgan fingerprint density at radius 2 is 2.15 bits per heavy atom. The van der Waals surface area contributed by atoms with Crippen LogP contribution in [0.2, 0.25) is 0 Å². The van der Waals surface area contributed by atoms with Crippen LogP contribution in [0.3, 0.4) is 0 Å². The van der Waals surface area contributed by atoms with Gasteiger partial charge in [0.15, 0.2) is 0 Å². The minimum absolute atomic E-state index is 0.114. The molecule has 1 saturated heterocycles. The molecule has 0 unspecified atom stereocenters. The summed E-state index contributed by atoms with van der Waals surface area (Å²) in [5.41, 5.74) is 0.309. The van der Waals surface area contributed by atoms with Crippen LogP contribution in [0.5, 0.6) is 0 Å². The third-order valence-corrected chi connectivity index (χ3v) is 4.77. The molecule has 7 nitrogen and oxygen atoms in total. The first-order chi connectivity index (χ1) is 13.2. The van der Waals surface area contributed by atoms with E-state index in [0.29, 0.717) is 31.0 Å². The number of aryl methyl sites for hydroxylation is 1. The van der Waals surface area contributed by atoms with Crippen molar-refractivity contribution in [2.75, 3.05) is 13.1 Å². The zero-order valence-corrected chi connectivity index (χ0v) is 15.1. The molecule has 1 amide bonds. The third-order valence-electron chi connectivity index (χ3n) is 4.77. The average molecular weight is 368 g/mol. The standard InChI is InChI=1S/C19H21FN6O/c1-2-6-17-22-18(23-26(17)16-8-4-3-7-15(16)20)19(27)24-12-9-14(13-24)25-11-5-10-21-25/h3-5,7-8,10-11,14H,2,6,9,12-13H2,1H3/t14-/m0/s1. The second-order valence-corrected chi connectivity index (χ2v) is 6.64. The summed E-state index contributed by atoms with van der Waals surface area (Å²) in [5, 5.41) is 8.60. The number of amides is 1. The van der Waals surface area contributed by atoms with Gasteiger partial charge in [-0.2, -0.15) is 5.10 Å². The third kappa shape index (κ3) is 3.34. The van der Waals surface area contributed by atoms with Gasteiger partial charge in [0.1, 0.15) is 17.3 Å². The Kier molecular flexibility index (Phi) is 4.70. The van der Waals surface area contributed by atoms with Crippen molar-refractivity contribution in [2.45, 2.75) is 32.2 Å². The first kappa shape index (κ1) is 17.4. The molecule has 4 rings (SSSR count). The molecule has 2 aromatic heterocycles. The lowest BCUT2D eigenvalue weighted by molar-refractivity contribution is 0.0775. The number of hydrogen-bond acceptors (Lipinski definition) is 4. The van der Waals surface area contributed by atoms with Gasteiger partial charge in [0.05, 0.1) is 6.04 Å². The van der Waals surface area contributed by atoms with Crippen molar-refractivity contribution in [3.63, 3.8) is 0 Å². The Morgan fingerprint density at radius 3 is 2.89 bits per heavy atom. The lowest BCUT2D eigenvalue weighted by atomic mass is 10.3. The van der Waals surface area contributed by atoms with Crippen molar-refractivity contribution in [3.05, 3.63) is 60.2 Å². The molecule has 0 spiro atoms. The fourth-order valence-corrected chi connectivity index (χ4v) is 3.42. The summed E-state index contributed by atoms with van der Waals surface area (Å²) in [4.78, 5) is 19.1. The highest BCUT2D eigenvalue weighted by molar-refractivity contribution is 5.90. The summed E-state index contributed by atoms with van der Waals surface area (Å²) in [7, 11) is 0. The van der Waals surface area contributed by atoms with E-state index in [1.54, 1.807) is 29.3 Å². The van der Waals surface area contributed by atoms with Crippen LogP contribution in [0.1, 0.15) is 42.3 Å². The highest BCUT2D eigenvalue weighted by Crippen LogP contribution is 2.22. The molecule has 3 aromatic rings. The number of benzene rings is 1. The number of carbonyl (C=O) groups is 1. The number of carbonyl (C=O) groups excluding carboxylic acids is 1. The fourth-order valence-electron chi connectivity index (χ4n) is 3.42. The monoisotopic (exact) mass is 368 g/mol. The largest absolute Gasteiger partial charge is 0.334 e. The van der Waals surface area contributed by atoms with E-state index < -0.39 is 5.82 Å². The molecule has 27 heavy (non-hydrogen) atoms. The van der Waals surface area contributed by atoms with Gasteiger partial charge in [0.25, 0.3) is 5.91 Å². The molecule has 140 valence electrons. The Labute approximate surface area is 156 Å². The van der Waals surface area contributed by atoms with Crippen molar-refractivity contribution in [1.29, 1.82) is 0 Å². The van der Waals surface area contributed by atoms with E-state index in [4.69, 9.17) is 0 Å². The zero-order valence-electron chi connectivity index (χ0n) is 15.1. The number of nitrogens with zero attached hydrogens (tertiary/aromatic N) is 6. The number of aromatic nitrogens is 5. The van der Waals surface area contributed by atoms with Gasteiger partial charge in [0.2, 0.25) is 5.82 Å². The number of likely N-dealkylation sites (tertiary alicyclic amines) is 1. The van der Waals surface area contributed by atoms with Gasteiger partial charge >= 0.3 is 0 Å². The maximum absolute atomic E-state index is 14.2. The van der Waals surface area contributed by atoms with E-state index in [2.05, 4.69) is 15.2 Å². The Hall–Kier alpha value is -3.03. The molecule has 1 aliphatic heterocycles. The predicted octanol–water partition coefficient (Wildman–Crippen LogP) is 2.64. The Balaban J connectivity index is 1.59. The molecular weight excluding hydrogens is 347 g/mol. The van der Waals surface area contributed by atoms with Crippen LogP contribution in [-0.2, 0) is 6.42 Å². The highest BCUT2D eigenvalue weighted by Gasteiger charge is 2.31. The summed E-state index contributed by atoms with van der Waals surface area (Å²) < 4.78 is 17.5. The van der Waals surface area contributed by atoms with E-state index in [-0.39, 0.29) is 17.8 Å². The molecular formula is C19H21FN6O. The van der Waals surface area contributed by atoms with Crippen molar-refractivity contribution in [2.24, 2.45) is 0 Å². The van der Waals surface area contributed by atoms with E-state index in [1.165, 1.54) is 10.7 Å². The molecule has 0 radical (unpaired) electrons. The molecule has 0 aliphatic carbocycles. The molecule has 1 fully saturated rings. The van der Waals surface area contributed by atoms with Crippen LogP contribution in [0.15, 0.2) is 42.7 Å². The highest BCUT2D eigenvalue weighted by atomic mass is 19.1. The number of rotatable bonds is 5. The Morgan fingerprint density at radius 1 is 1.30 bits per heavy atom. The van der Waals surface area contributed by atoms with Crippen molar-refractivity contribution in [3.8, 4) is 5.69 Å². The maximum Gasteiger partial charge on any atom is 0.293 e. The molecule has 3 heterocycles. The molecule has 0 saturated carbocycles. The van der Waals surface area contributed by atoms with Crippen LogP contribution < -0.4 is 0 Å². The summed E-state index contributed by atoms with van der Waals surface area (Å²) in [6.45, 7) is 3.20. The minimum Gasteiger partial charge on any atom is -0.334 e. The predicted molar refractivity (Wildman–Crippen MR) is 97.1 cm³/mol. The quantitative estimate of drug-likeness (QED) is 0.694. The van der Waals surface area contributed by atoms with Gasteiger partial charge in [-0.05, 0) is 31.0 Å². The molecule has 8 heteroatoms. The van der Waals surface area contributed by atoms with Gasteiger partial charge in [-0.1, -0.05) is 19.1 Å². The molecule has 0 N–H and O–H groups in total. The van der Waals surface area contributed by atoms with E-state index in [9.17, 15) is 9.18 Å². The van der Waals surface area contributed by atoms with Crippen LogP contribution in [-0.4, -0.2) is 48.4 Å². The summed E-state index contributed by atoms with van der Waals surface area (Å²) >= 11 is 0. The normalized spacial score (nSPS) is 16.8. The van der Waals surface area contributed by atoms with Crippen LogP contribution in [0.25, 0.3) is 5.69 Å².